The summed E-state index contributed by atoms with van der Waals surface area (Å²) in [6, 6.07) is 6.31. The summed E-state index contributed by atoms with van der Waals surface area (Å²) in [7, 11) is 0. The molecule has 0 radical (unpaired) electrons. The molecule has 0 saturated carbocycles. The Morgan fingerprint density at radius 1 is 0.889 bits per heavy atom. The van der Waals surface area contributed by atoms with Crippen molar-refractivity contribution in [3.8, 4) is 0 Å². The summed E-state index contributed by atoms with van der Waals surface area (Å²) in [6.07, 6.45) is 3.61. The molecule has 0 aliphatic rings. The number of urea groups is 1. The zero-order valence-electron chi connectivity index (χ0n) is 15.0. The van der Waals surface area contributed by atoms with Gasteiger partial charge in [0.1, 0.15) is 0 Å². The third-order valence-electron chi connectivity index (χ3n) is 3.23. The van der Waals surface area contributed by atoms with Crippen molar-refractivity contribution >= 4 is 41.2 Å². The Bertz CT molecular complexity index is 686. The van der Waals surface area contributed by atoms with Crippen LogP contribution in [0.25, 0.3) is 0 Å². The van der Waals surface area contributed by atoms with Crippen LogP contribution in [0.15, 0.2) is 39.2 Å². The Labute approximate surface area is 163 Å². The van der Waals surface area contributed by atoms with E-state index in [2.05, 4.69) is 25.6 Å². The van der Waals surface area contributed by atoms with Crippen LogP contribution in [0.3, 0.4) is 0 Å². The van der Waals surface area contributed by atoms with Gasteiger partial charge in [-0.15, -0.1) is 0 Å². The van der Waals surface area contributed by atoms with Crippen molar-refractivity contribution < 1.29 is 4.79 Å². The molecule has 0 fully saturated rings. The highest BCUT2D eigenvalue weighted by molar-refractivity contribution is 6.30. The van der Waals surface area contributed by atoms with Gasteiger partial charge in [0.25, 0.3) is 0 Å². The second-order valence-corrected chi connectivity index (χ2v) is 5.98. The number of amides is 2. The van der Waals surface area contributed by atoms with Gasteiger partial charge in [0.2, 0.25) is 11.9 Å². The molecular formula is C16H26ClN9O. The van der Waals surface area contributed by atoms with E-state index in [0.717, 1.165) is 31.4 Å². The molecule has 2 amide bonds. The summed E-state index contributed by atoms with van der Waals surface area (Å²) in [5.74, 6) is 0.296. The fourth-order valence-electron chi connectivity index (χ4n) is 2.00. The van der Waals surface area contributed by atoms with Crippen molar-refractivity contribution in [2.75, 3.05) is 18.4 Å². The Morgan fingerprint density at radius 2 is 1.48 bits per heavy atom. The number of rotatable bonds is 8. The van der Waals surface area contributed by atoms with Crippen LogP contribution in [0.4, 0.5) is 10.5 Å². The van der Waals surface area contributed by atoms with Crippen molar-refractivity contribution in [1.29, 1.82) is 0 Å². The highest BCUT2D eigenvalue weighted by Crippen LogP contribution is 2.12. The maximum atomic E-state index is 10.5. The zero-order valence-corrected chi connectivity index (χ0v) is 15.7. The van der Waals surface area contributed by atoms with Crippen molar-refractivity contribution in [3.63, 3.8) is 0 Å². The Balaban J connectivity index is 2.20. The van der Waals surface area contributed by atoms with E-state index in [-0.39, 0.29) is 17.9 Å². The lowest BCUT2D eigenvalue weighted by Crippen LogP contribution is -2.40. The monoisotopic (exact) mass is 395 g/mol. The SMILES string of the molecule is NC(=O)NC(N)=NCCCCCCN=C(N)/N=C(\N)Nc1ccc(Cl)cc1. The summed E-state index contributed by atoms with van der Waals surface area (Å²) in [4.78, 5) is 22.7. The highest BCUT2D eigenvalue weighted by atomic mass is 35.5. The third kappa shape index (κ3) is 11.3. The van der Waals surface area contributed by atoms with E-state index < -0.39 is 6.03 Å². The molecule has 1 aromatic rings. The predicted octanol–water partition coefficient (Wildman–Crippen LogP) is 0.925. The first-order valence-electron chi connectivity index (χ1n) is 8.40. The average molecular weight is 396 g/mol. The maximum Gasteiger partial charge on any atom is 0.318 e. The number of aliphatic imine (C=N–C) groups is 3. The topological polar surface area (TPSA) is 182 Å². The Morgan fingerprint density at radius 3 is 2.07 bits per heavy atom. The van der Waals surface area contributed by atoms with Crippen LogP contribution >= 0.6 is 11.6 Å². The number of nitrogens with zero attached hydrogens (tertiary/aromatic N) is 3. The fourth-order valence-corrected chi connectivity index (χ4v) is 2.13. The second kappa shape index (κ2) is 12.4. The number of halogens is 1. The van der Waals surface area contributed by atoms with Crippen molar-refractivity contribution in [2.45, 2.75) is 25.7 Å². The van der Waals surface area contributed by atoms with Gasteiger partial charge in [0, 0.05) is 23.8 Å². The number of unbranched alkanes of at least 4 members (excludes halogenated alkanes) is 3. The lowest BCUT2D eigenvalue weighted by atomic mass is 10.2. The Hall–Kier alpha value is -3.01. The van der Waals surface area contributed by atoms with E-state index in [0.29, 0.717) is 18.1 Å². The van der Waals surface area contributed by atoms with Crippen LogP contribution < -0.4 is 33.6 Å². The summed E-state index contributed by atoms with van der Waals surface area (Å²) in [6.45, 7) is 1.08. The number of nitrogens with one attached hydrogen (secondary N) is 2. The van der Waals surface area contributed by atoms with Gasteiger partial charge < -0.3 is 28.3 Å². The molecule has 1 aromatic carbocycles. The zero-order chi connectivity index (χ0) is 20.1. The molecule has 27 heavy (non-hydrogen) atoms. The minimum Gasteiger partial charge on any atom is -0.370 e. The van der Waals surface area contributed by atoms with Crippen molar-refractivity contribution in [1.82, 2.24) is 5.32 Å². The molecule has 148 valence electrons. The normalized spacial score (nSPS) is 12.7. The van der Waals surface area contributed by atoms with Gasteiger partial charge >= 0.3 is 6.03 Å². The molecule has 1 rings (SSSR count). The standard InChI is InChI=1S/C16H26ClN9O/c17-11-5-7-12(8-6-11)24-15(20)25-13(18)22-9-3-1-2-4-10-23-14(19)26-16(21)27/h5-8H,1-4,9-10H2,(H5,18,20,22,24,25)(H5,19,21,23,26,27). The lowest BCUT2D eigenvalue weighted by Gasteiger charge is -2.05. The van der Waals surface area contributed by atoms with Crippen LogP contribution in [0.2, 0.25) is 5.02 Å². The number of benzene rings is 1. The number of hydrogen-bond donors (Lipinski definition) is 6. The fraction of sp³-hybridized carbons (Fsp3) is 0.375. The molecule has 0 heterocycles. The number of primary amides is 1. The highest BCUT2D eigenvalue weighted by Gasteiger charge is 1.98. The van der Waals surface area contributed by atoms with E-state index in [1.807, 2.05) is 0 Å². The molecule has 0 aliphatic heterocycles. The van der Waals surface area contributed by atoms with Gasteiger partial charge in [-0.1, -0.05) is 24.4 Å². The number of carbonyl (C=O) groups excluding carboxylic acids is 1. The molecule has 0 aromatic heterocycles. The molecule has 0 atom stereocenters. The minimum atomic E-state index is -0.724. The van der Waals surface area contributed by atoms with Gasteiger partial charge in [0.15, 0.2) is 5.96 Å². The van der Waals surface area contributed by atoms with Crippen LogP contribution in [-0.2, 0) is 0 Å². The van der Waals surface area contributed by atoms with E-state index >= 15 is 0 Å². The quantitative estimate of drug-likeness (QED) is 0.217. The first-order chi connectivity index (χ1) is 12.9. The smallest absolute Gasteiger partial charge is 0.318 e. The van der Waals surface area contributed by atoms with Crippen LogP contribution in [0, 0.1) is 0 Å². The molecule has 0 aliphatic carbocycles. The lowest BCUT2D eigenvalue weighted by molar-refractivity contribution is 0.253. The first kappa shape index (κ1) is 22.0. The van der Waals surface area contributed by atoms with Gasteiger partial charge in [-0.25, -0.2) is 4.79 Å². The Kier molecular flexibility index (Phi) is 10.1. The summed E-state index contributed by atoms with van der Waals surface area (Å²) in [5, 5.41) is 5.73. The van der Waals surface area contributed by atoms with E-state index in [4.69, 9.17) is 34.5 Å². The summed E-state index contributed by atoms with van der Waals surface area (Å²) >= 11 is 5.82. The van der Waals surface area contributed by atoms with Gasteiger partial charge in [-0.2, -0.15) is 4.99 Å². The van der Waals surface area contributed by atoms with Crippen LogP contribution in [0.5, 0.6) is 0 Å². The minimum absolute atomic E-state index is 0.0301. The summed E-state index contributed by atoms with van der Waals surface area (Å²) in [5.41, 5.74) is 22.6. The molecule has 11 heteroatoms. The maximum absolute atomic E-state index is 10.5. The summed E-state index contributed by atoms with van der Waals surface area (Å²) < 4.78 is 0. The van der Waals surface area contributed by atoms with E-state index in [9.17, 15) is 4.79 Å². The second-order valence-electron chi connectivity index (χ2n) is 5.54. The number of nitrogens with two attached hydrogens (primary N) is 4. The van der Waals surface area contributed by atoms with E-state index in [1.54, 1.807) is 24.3 Å². The van der Waals surface area contributed by atoms with Crippen LogP contribution in [-0.4, -0.2) is 37.0 Å². The van der Waals surface area contributed by atoms with Crippen LogP contribution in [0.1, 0.15) is 25.7 Å². The molecule has 0 saturated heterocycles. The van der Waals surface area contributed by atoms with Gasteiger partial charge in [-0.3, -0.25) is 15.3 Å². The molecule has 0 spiro atoms. The molecule has 10 N–H and O–H groups in total. The number of carbonyl (C=O) groups is 1. The predicted molar refractivity (Wildman–Crippen MR) is 111 cm³/mol. The third-order valence-corrected chi connectivity index (χ3v) is 3.48. The average Bonchev–Trinajstić information content (AvgIpc) is 2.58. The van der Waals surface area contributed by atoms with Crippen molar-refractivity contribution in [3.05, 3.63) is 29.3 Å². The number of hydrogen-bond acceptors (Lipinski definition) is 3. The molecular weight excluding hydrogens is 370 g/mol. The van der Waals surface area contributed by atoms with Gasteiger partial charge in [0.05, 0.1) is 0 Å². The van der Waals surface area contributed by atoms with E-state index in [1.165, 1.54) is 0 Å². The molecule has 0 unspecified atom stereocenters. The largest absolute Gasteiger partial charge is 0.370 e. The molecule has 10 nitrogen and oxygen atoms in total. The van der Waals surface area contributed by atoms with Crippen molar-refractivity contribution in [2.24, 2.45) is 37.9 Å². The van der Waals surface area contributed by atoms with Gasteiger partial charge in [-0.05, 0) is 37.1 Å². The number of anilines is 1. The molecule has 0 bridgehead atoms. The number of guanidine groups is 3. The first-order valence-corrected chi connectivity index (χ1v) is 8.77.